The minimum absolute atomic E-state index is 0.208. The Bertz CT molecular complexity index is 790. The summed E-state index contributed by atoms with van der Waals surface area (Å²) in [5.41, 5.74) is 1.29. The summed E-state index contributed by atoms with van der Waals surface area (Å²) in [4.78, 5) is 0.208. The van der Waals surface area contributed by atoms with E-state index in [9.17, 15) is 12.8 Å². The zero-order valence-corrected chi connectivity index (χ0v) is 14.7. The number of nitrogens with one attached hydrogen (secondary N) is 1. The van der Waals surface area contributed by atoms with Crippen molar-refractivity contribution in [2.24, 2.45) is 0 Å². The summed E-state index contributed by atoms with van der Waals surface area (Å²) in [6.07, 6.45) is 0. The zero-order chi connectivity index (χ0) is 17.7. The third-order valence-electron chi connectivity index (χ3n) is 3.41. The summed E-state index contributed by atoms with van der Waals surface area (Å²) in [5, 5.41) is 2.96. The van der Waals surface area contributed by atoms with Gasteiger partial charge in [0, 0.05) is 20.6 Å². The smallest absolute Gasteiger partial charge is 0.242 e. The van der Waals surface area contributed by atoms with Crippen molar-refractivity contribution in [1.82, 2.24) is 4.31 Å². The van der Waals surface area contributed by atoms with E-state index in [1.54, 1.807) is 18.2 Å². The SMILES string of the molecule is Cc1ccc(NCCOc2ccc(S(=O)(=O)N(C)C)cc2)c(F)c1. The average Bonchev–Trinajstić information content (AvgIpc) is 2.53. The van der Waals surface area contributed by atoms with Gasteiger partial charge in [0.25, 0.3) is 0 Å². The predicted molar refractivity (Wildman–Crippen MR) is 92.4 cm³/mol. The molecule has 5 nitrogen and oxygen atoms in total. The predicted octanol–water partition coefficient (Wildman–Crippen LogP) is 2.88. The molecule has 0 atom stereocenters. The lowest BCUT2D eigenvalue weighted by Crippen LogP contribution is -2.22. The Balaban J connectivity index is 1.87. The minimum atomic E-state index is -3.44. The molecule has 0 aliphatic rings. The fourth-order valence-corrected chi connectivity index (χ4v) is 2.94. The van der Waals surface area contributed by atoms with E-state index in [1.165, 1.54) is 32.3 Å². The quantitative estimate of drug-likeness (QED) is 0.779. The van der Waals surface area contributed by atoms with Crippen LogP contribution in [0.2, 0.25) is 0 Å². The Morgan fingerprint density at radius 3 is 2.38 bits per heavy atom. The summed E-state index contributed by atoms with van der Waals surface area (Å²) >= 11 is 0. The molecule has 2 rings (SSSR count). The van der Waals surface area contributed by atoms with E-state index in [0.29, 0.717) is 24.6 Å². The van der Waals surface area contributed by atoms with Crippen LogP contribution >= 0.6 is 0 Å². The number of hydrogen-bond acceptors (Lipinski definition) is 4. The third-order valence-corrected chi connectivity index (χ3v) is 5.24. The largest absolute Gasteiger partial charge is 0.492 e. The third kappa shape index (κ3) is 4.46. The van der Waals surface area contributed by atoms with Crippen molar-refractivity contribution >= 4 is 15.7 Å². The van der Waals surface area contributed by atoms with Gasteiger partial charge in [0.05, 0.1) is 10.6 Å². The number of hydrogen-bond donors (Lipinski definition) is 1. The van der Waals surface area contributed by atoms with Crippen LogP contribution in [0.15, 0.2) is 47.4 Å². The van der Waals surface area contributed by atoms with Gasteiger partial charge >= 0.3 is 0 Å². The summed E-state index contributed by atoms with van der Waals surface area (Å²) in [5.74, 6) is 0.257. The van der Waals surface area contributed by atoms with Crippen molar-refractivity contribution < 1.29 is 17.5 Å². The molecule has 7 heteroatoms. The molecule has 1 N–H and O–H groups in total. The standard InChI is InChI=1S/C17H21FN2O3S/c1-13-4-9-17(16(18)12-13)19-10-11-23-14-5-7-15(8-6-14)24(21,22)20(2)3/h4-9,12,19H,10-11H2,1-3H3. The minimum Gasteiger partial charge on any atom is -0.492 e. The molecule has 0 aliphatic heterocycles. The first kappa shape index (κ1) is 18.2. The van der Waals surface area contributed by atoms with Crippen LogP contribution in [0.5, 0.6) is 5.75 Å². The van der Waals surface area contributed by atoms with E-state index in [2.05, 4.69) is 5.32 Å². The van der Waals surface area contributed by atoms with Crippen LogP contribution in [0.25, 0.3) is 0 Å². The first-order valence-corrected chi connectivity index (χ1v) is 8.90. The Kier molecular flexibility index (Phi) is 5.80. The van der Waals surface area contributed by atoms with Gasteiger partial charge in [0.1, 0.15) is 18.2 Å². The summed E-state index contributed by atoms with van der Waals surface area (Å²) < 4.78 is 44.3. The van der Waals surface area contributed by atoms with Crippen molar-refractivity contribution in [3.63, 3.8) is 0 Å². The number of anilines is 1. The maximum atomic E-state index is 13.7. The van der Waals surface area contributed by atoms with Gasteiger partial charge in [0.15, 0.2) is 0 Å². The van der Waals surface area contributed by atoms with Crippen molar-refractivity contribution in [2.45, 2.75) is 11.8 Å². The molecule has 0 aliphatic carbocycles. The molecule has 24 heavy (non-hydrogen) atoms. The van der Waals surface area contributed by atoms with Gasteiger partial charge in [-0.1, -0.05) is 6.07 Å². The number of aryl methyl sites for hydroxylation is 1. The highest BCUT2D eigenvalue weighted by Crippen LogP contribution is 2.18. The van der Waals surface area contributed by atoms with Crippen molar-refractivity contribution in [3.05, 3.63) is 53.8 Å². The van der Waals surface area contributed by atoms with Gasteiger partial charge in [-0.05, 0) is 48.9 Å². The number of ether oxygens (including phenoxy) is 1. The molecular formula is C17H21FN2O3S. The van der Waals surface area contributed by atoms with Gasteiger partial charge in [-0.25, -0.2) is 17.1 Å². The molecule has 0 unspecified atom stereocenters. The fourth-order valence-electron chi connectivity index (χ4n) is 2.04. The van der Waals surface area contributed by atoms with Crippen LogP contribution in [0.1, 0.15) is 5.56 Å². The molecule has 0 saturated carbocycles. The molecule has 0 fully saturated rings. The highest BCUT2D eigenvalue weighted by Gasteiger charge is 2.16. The highest BCUT2D eigenvalue weighted by atomic mass is 32.2. The molecule has 0 amide bonds. The Morgan fingerprint density at radius 2 is 1.79 bits per heavy atom. The van der Waals surface area contributed by atoms with Crippen LogP contribution in [-0.2, 0) is 10.0 Å². The second-order valence-corrected chi connectivity index (χ2v) is 7.67. The van der Waals surface area contributed by atoms with Gasteiger partial charge in [-0.2, -0.15) is 0 Å². The molecule has 0 aromatic heterocycles. The molecular weight excluding hydrogens is 331 g/mol. The van der Waals surface area contributed by atoms with E-state index in [1.807, 2.05) is 13.0 Å². The lowest BCUT2D eigenvalue weighted by atomic mass is 10.2. The van der Waals surface area contributed by atoms with Gasteiger partial charge in [-0.15, -0.1) is 0 Å². The summed E-state index contributed by atoms with van der Waals surface area (Å²) in [7, 11) is -0.476. The number of benzene rings is 2. The molecule has 0 spiro atoms. The maximum Gasteiger partial charge on any atom is 0.242 e. The fraction of sp³-hybridized carbons (Fsp3) is 0.294. The molecule has 0 heterocycles. The molecule has 2 aromatic rings. The van der Waals surface area contributed by atoms with E-state index in [-0.39, 0.29) is 10.7 Å². The first-order valence-electron chi connectivity index (χ1n) is 7.46. The van der Waals surface area contributed by atoms with Crippen LogP contribution in [0.3, 0.4) is 0 Å². The van der Waals surface area contributed by atoms with E-state index in [4.69, 9.17) is 4.74 Å². The lowest BCUT2D eigenvalue weighted by molar-refractivity contribution is 0.332. The van der Waals surface area contributed by atoms with Gasteiger partial charge < -0.3 is 10.1 Å². The second-order valence-electron chi connectivity index (χ2n) is 5.52. The number of sulfonamides is 1. The Hall–Kier alpha value is -2.12. The second kappa shape index (κ2) is 7.63. The topological polar surface area (TPSA) is 58.6 Å². The van der Waals surface area contributed by atoms with Crippen molar-refractivity contribution in [3.8, 4) is 5.75 Å². The first-order chi connectivity index (χ1) is 11.3. The molecule has 2 aromatic carbocycles. The van der Waals surface area contributed by atoms with E-state index >= 15 is 0 Å². The summed E-state index contributed by atoms with van der Waals surface area (Å²) in [6, 6.07) is 11.2. The number of halogens is 1. The summed E-state index contributed by atoms with van der Waals surface area (Å²) in [6.45, 7) is 2.58. The number of rotatable bonds is 7. The Morgan fingerprint density at radius 1 is 1.12 bits per heavy atom. The highest BCUT2D eigenvalue weighted by molar-refractivity contribution is 7.89. The molecule has 130 valence electrons. The molecule has 0 radical (unpaired) electrons. The lowest BCUT2D eigenvalue weighted by Gasteiger charge is -2.12. The number of nitrogens with zero attached hydrogens (tertiary/aromatic N) is 1. The van der Waals surface area contributed by atoms with Gasteiger partial charge in [-0.3, -0.25) is 0 Å². The van der Waals surface area contributed by atoms with Crippen LogP contribution in [0.4, 0.5) is 10.1 Å². The van der Waals surface area contributed by atoms with Crippen LogP contribution in [0, 0.1) is 12.7 Å². The van der Waals surface area contributed by atoms with E-state index < -0.39 is 10.0 Å². The normalized spacial score (nSPS) is 11.5. The van der Waals surface area contributed by atoms with Crippen LogP contribution in [-0.4, -0.2) is 40.0 Å². The van der Waals surface area contributed by atoms with Crippen molar-refractivity contribution in [2.75, 3.05) is 32.6 Å². The molecule has 0 saturated heterocycles. The maximum absolute atomic E-state index is 13.7. The average molecular weight is 352 g/mol. The van der Waals surface area contributed by atoms with Crippen molar-refractivity contribution in [1.29, 1.82) is 0 Å². The molecule has 0 bridgehead atoms. The monoisotopic (exact) mass is 352 g/mol. The van der Waals surface area contributed by atoms with Crippen LogP contribution < -0.4 is 10.1 Å². The van der Waals surface area contributed by atoms with E-state index in [0.717, 1.165) is 9.87 Å². The van der Waals surface area contributed by atoms with Gasteiger partial charge in [0.2, 0.25) is 10.0 Å². The zero-order valence-electron chi connectivity index (χ0n) is 13.9. The Labute approximate surface area is 142 Å².